The summed E-state index contributed by atoms with van der Waals surface area (Å²) < 4.78 is 21.8. The van der Waals surface area contributed by atoms with Crippen molar-refractivity contribution in [3.05, 3.63) is 42.3 Å². The first kappa shape index (κ1) is 11.9. The van der Waals surface area contributed by atoms with E-state index in [0.29, 0.717) is 34.2 Å². The lowest BCUT2D eigenvalue weighted by molar-refractivity contribution is 0.173. The van der Waals surface area contributed by atoms with Gasteiger partial charge in [0.15, 0.2) is 23.7 Å². The first-order chi connectivity index (χ1) is 10.3. The Bertz CT molecular complexity index is 813. The Morgan fingerprint density at radius 2 is 2.05 bits per heavy atom. The molecule has 2 aromatic carbocycles. The van der Waals surface area contributed by atoms with Crippen LogP contribution < -0.4 is 19.9 Å². The molecule has 0 saturated carbocycles. The highest BCUT2D eigenvalue weighted by Crippen LogP contribution is 2.35. The van der Waals surface area contributed by atoms with Crippen LogP contribution in [0.2, 0.25) is 0 Å². The van der Waals surface area contributed by atoms with Crippen LogP contribution in [0.25, 0.3) is 11.1 Å². The number of benzene rings is 2. The smallest absolute Gasteiger partial charge is 0.233 e. The predicted molar refractivity (Wildman–Crippen MR) is 75.3 cm³/mol. The minimum atomic E-state index is 0.216. The Labute approximate surface area is 120 Å². The number of nitrogen functional groups attached to an aromatic ring is 1. The summed E-state index contributed by atoms with van der Waals surface area (Å²) in [6.45, 7) is 0.455. The van der Waals surface area contributed by atoms with E-state index in [-0.39, 0.29) is 13.4 Å². The lowest BCUT2D eigenvalue weighted by Gasteiger charge is -2.04. The van der Waals surface area contributed by atoms with Crippen molar-refractivity contribution in [2.75, 3.05) is 12.5 Å². The van der Waals surface area contributed by atoms with Gasteiger partial charge in [0.25, 0.3) is 0 Å². The molecule has 1 aliphatic heterocycles. The number of rotatable bonds is 3. The van der Waals surface area contributed by atoms with Gasteiger partial charge in [0, 0.05) is 6.07 Å². The molecule has 2 heterocycles. The molecule has 0 fully saturated rings. The lowest BCUT2D eigenvalue weighted by atomic mass is 10.3. The van der Waals surface area contributed by atoms with Gasteiger partial charge in [-0.1, -0.05) is 6.07 Å². The maximum absolute atomic E-state index is 5.84. The molecule has 0 radical (unpaired) electrons. The van der Waals surface area contributed by atoms with Crippen molar-refractivity contribution in [1.82, 2.24) is 4.98 Å². The number of oxazole rings is 1. The quantitative estimate of drug-likeness (QED) is 0.745. The number of hydrogen-bond donors (Lipinski definition) is 1. The van der Waals surface area contributed by atoms with Crippen molar-refractivity contribution in [1.29, 1.82) is 0 Å². The van der Waals surface area contributed by atoms with Gasteiger partial charge in [-0.25, -0.2) is 4.98 Å². The minimum Gasteiger partial charge on any atom is -0.484 e. The third-order valence-electron chi connectivity index (χ3n) is 3.20. The number of para-hydroxylation sites is 1. The Hall–Kier alpha value is -2.89. The van der Waals surface area contributed by atoms with E-state index >= 15 is 0 Å². The van der Waals surface area contributed by atoms with Crippen LogP contribution in [0.3, 0.4) is 0 Å². The van der Waals surface area contributed by atoms with Crippen molar-refractivity contribution in [3.63, 3.8) is 0 Å². The Morgan fingerprint density at radius 1 is 1.14 bits per heavy atom. The molecule has 1 aromatic heterocycles. The van der Waals surface area contributed by atoms with Gasteiger partial charge < -0.3 is 24.4 Å². The van der Waals surface area contributed by atoms with Gasteiger partial charge in [-0.15, -0.1) is 0 Å². The van der Waals surface area contributed by atoms with Crippen LogP contribution >= 0.6 is 0 Å². The van der Waals surface area contributed by atoms with E-state index < -0.39 is 0 Å². The topological polar surface area (TPSA) is 79.7 Å². The third kappa shape index (κ3) is 2.10. The van der Waals surface area contributed by atoms with E-state index in [0.717, 1.165) is 5.75 Å². The van der Waals surface area contributed by atoms with Gasteiger partial charge >= 0.3 is 0 Å². The fourth-order valence-electron chi connectivity index (χ4n) is 2.19. The standard InChI is InChI=1S/C15H12N2O4/c16-10-2-1-3-12-15(10)17-14(21-12)7-18-9-4-5-11-13(6-9)20-8-19-11/h1-6H,7-8,16H2. The Morgan fingerprint density at radius 3 is 2.95 bits per heavy atom. The molecule has 0 atom stereocenters. The van der Waals surface area contributed by atoms with Crippen LogP contribution in [0.1, 0.15) is 5.89 Å². The second-order valence-electron chi connectivity index (χ2n) is 4.61. The number of ether oxygens (including phenoxy) is 3. The van der Waals surface area contributed by atoms with Gasteiger partial charge in [-0.05, 0) is 24.3 Å². The largest absolute Gasteiger partial charge is 0.484 e. The average Bonchev–Trinajstić information content (AvgIpc) is 3.11. The SMILES string of the molecule is Nc1cccc2oc(COc3ccc4c(c3)OCO4)nc12. The highest BCUT2D eigenvalue weighted by molar-refractivity contribution is 5.85. The molecule has 106 valence electrons. The van der Waals surface area contributed by atoms with Crippen LogP contribution in [-0.4, -0.2) is 11.8 Å². The summed E-state index contributed by atoms with van der Waals surface area (Å²) in [5, 5.41) is 0. The van der Waals surface area contributed by atoms with E-state index in [4.69, 9.17) is 24.4 Å². The maximum Gasteiger partial charge on any atom is 0.233 e. The first-order valence-electron chi connectivity index (χ1n) is 6.46. The highest BCUT2D eigenvalue weighted by Gasteiger charge is 2.14. The monoisotopic (exact) mass is 284 g/mol. The number of nitrogens with zero attached hydrogens (tertiary/aromatic N) is 1. The normalized spacial score (nSPS) is 12.8. The fourth-order valence-corrected chi connectivity index (χ4v) is 2.19. The summed E-state index contributed by atoms with van der Waals surface area (Å²) in [7, 11) is 0. The molecule has 0 amide bonds. The average molecular weight is 284 g/mol. The van der Waals surface area contributed by atoms with Gasteiger partial charge in [-0.3, -0.25) is 0 Å². The molecule has 0 spiro atoms. The summed E-state index contributed by atoms with van der Waals surface area (Å²) in [6.07, 6.45) is 0. The summed E-state index contributed by atoms with van der Waals surface area (Å²) in [5.74, 6) is 2.53. The minimum absolute atomic E-state index is 0.216. The molecule has 0 saturated heterocycles. The highest BCUT2D eigenvalue weighted by atomic mass is 16.7. The van der Waals surface area contributed by atoms with E-state index in [1.807, 2.05) is 24.3 Å². The summed E-state index contributed by atoms with van der Waals surface area (Å²) in [5.41, 5.74) is 7.74. The van der Waals surface area contributed by atoms with Crippen LogP contribution in [0.5, 0.6) is 17.2 Å². The molecule has 0 bridgehead atoms. The zero-order valence-corrected chi connectivity index (χ0v) is 11.0. The maximum atomic E-state index is 5.84. The summed E-state index contributed by atoms with van der Waals surface area (Å²) >= 11 is 0. The van der Waals surface area contributed by atoms with Crippen LogP contribution in [0.15, 0.2) is 40.8 Å². The molecular weight excluding hydrogens is 272 g/mol. The molecule has 0 unspecified atom stereocenters. The second kappa shape index (κ2) is 4.59. The van der Waals surface area contributed by atoms with Crippen molar-refractivity contribution in [2.45, 2.75) is 6.61 Å². The third-order valence-corrected chi connectivity index (χ3v) is 3.20. The van der Waals surface area contributed by atoms with Crippen LogP contribution in [0, 0.1) is 0 Å². The van der Waals surface area contributed by atoms with E-state index in [1.165, 1.54) is 0 Å². The Balaban J connectivity index is 1.54. The predicted octanol–water partition coefficient (Wildman–Crippen LogP) is 2.72. The molecule has 0 aliphatic carbocycles. The van der Waals surface area contributed by atoms with Gasteiger partial charge in [-0.2, -0.15) is 0 Å². The van der Waals surface area contributed by atoms with Crippen molar-refractivity contribution in [2.24, 2.45) is 0 Å². The van der Waals surface area contributed by atoms with Crippen molar-refractivity contribution < 1.29 is 18.6 Å². The summed E-state index contributed by atoms with van der Waals surface area (Å²) in [6, 6.07) is 10.8. The number of fused-ring (bicyclic) bond motifs is 2. The molecular formula is C15H12N2O4. The van der Waals surface area contributed by atoms with E-state index in [2.05, 4.69) is 4.98 Å². The second-order valence-corrected chi connectivity index (χ2v) is 4.61. The van der Waals surface area contributed by atoms with Crippen LogP contribution in [0.4, 0.5) is 5.69 Å². The molecule has 6 heteroatoms. The molecule has 1 aliphatic rings. The van der Waals surface area contributed by atoms with E-state index in [9.17, 15) is 0 Å². The Kier molecular flexibility index (Phi) is 2.60. The number of anilines is 1. The first-order valence-corrected chi connectivity index (χ1v) is 6.46. The zero-order valence-electron chi connectivity index (χ0n) is 11.0. The number of aromatic nitrogens is 1. The molecule has 3 aromatic rings. The van der Waals surface area contributed by atoms with Crippen molar-refractivity contribution in [3.8, 4) is 17.2 Å². The molecule has 6 nitrogen and oxygen atoms in total. The summed E-state index contributed by atoms with van der Waals surface area (Å²) in [4.78, 5) is 4.33. The fraction of sp³-hybridized carbons (Fsp3) is 0.133. The number of hydrogen-bond acceptors (Lipinski definition) is 6. The van der Waals surface area contributed by atoms with Crippen molar-refractivity contribution >= 4 is 16.8 Å². The molecule has 4 rings (SSSR count). The molecule has 2 N–H and O–H groups in total. The van der Waals surface area contributed by atoms with Gasteiger partial charge in [0.05, 0.1) is 5.69 Å². The van der Waals surface area contributed by atoms with Crippen LogP contribution in [-0.2, 0) is 6.61 Å². The zero-order chi connectivity index (χ0) is 14.2. The molecule has 21 heavy (non-hydrogen) atoms. The number of nitrogens with two attached hydrogens (primary N) is 1. The van der Waals surface area contributed by atoms with Gasteiger partial charge in [0.2, 0.25) is 12.7 Å². The lowest BCUT2D eigenvalue weighted by Crippen LogP contribution is -1.95. The van der Waals surface area contributed by atoms with E-state index in [1.54, 1.807) is 12.1 Å². The van der Waals surface area contributed by atoms with Gasteiger partial charge in [0.1, 0.15) is 11.3 Å².